The van der Waals surface area contributed by atoms with Gasteiger partial charge in [-0.05, 0) is 39.2 Å². The van der Waals surface area contributed by atoms with E-state index in [9.17, 15) is 8.42 Å². The molecule has 0 bridgehead atoms. The van der Waals surface area contributed by atoms with Gasteiger partial charge in [-0.25, -0.2) is 8.42 Å². The summed E-state index contributed by atoms with van der Waals surface area (Å²) in [5.74, 6) is 0.399. The summed E-state index contributed by atoms with van der Waals surface area (Å²) in [6.07, 6.45) is 8.13. The minimum absolute atomic E-state index is 0.0301. The summed E-state index contributed by atoms with van der Waals surface area (Å²) in [5, 5.41) is 3.33. The Bertz CT molecular complexity index is 308. The average molecular weight is 275 g/mol. The van der Waals surface area contributed by atoms with Crippen LogP contribution in [0.1, 0.15) is 65.2 Å². The van der Waals surface area contributed by atoms with Crippen LogP contribution in [0.5, 0.6) is 0 Å². The van der Waals surface area contributed by atoms with E-state index in [2.05, 4.69) is 19.2 Å². The van der Waals surface area contributed by atoms with E-state index in [1.165, 1.54) is 6.42 Å². The molecule has 1 aliphatic carbocycles. The first-order valence-electron chi connectivity index (χ1n) is 7.51. The molecule has 1 aliphatic rings. The van der Waals surface area contributed by atoms with Gasteiger partial charge in [0, 0.05) is 6.04 Å². The molecule has 0 aromatic carbocycles. The molecular formula is C14H29NO2S. The Morgan fingerprint density at radius 2 is 1.83 bits per heavy atom. The van der Waals surface area contributed by atoms with Crippen molar-refractivity contribution in [3.63, 3.8) is 0 Å². The number of unbranched alkanes of at least 4 members (excludes halogenated alkanes) is 1. The van der Waals surface area contributed by atoms with Crippen molar-refractivity contribution in [2.45, 2.75) is 76.5 Å². The Balaban J connectivity index is 2.20. The van der Waals surface area contributed by atoms with Crippen molar-refractivity contribution in [3.05, 3.63) is 0 Å². The molecule has 108 valence electrons. The molecule has 1 rings (SSSR count). The van der Waals surface area contributed by atoms with Gasteiger partial charge < -0.3 is 5.32 Å². The summed E-state index contributed by atoms with van der Waals surface area (Å²) >= 11 is 0. The van der Waals surface area contributed by atoms with Crippen LogP contribution >= 0.6 is 0 Å². The fraction of sp³-hybridized carbons (Fsp3) is 1.00. The molecule has 3 nitrogen and oxygen atoms in total. The van der Waals surface area contributed by atoms with Crippen LogP contribution in [0.4, 0.5) is 0 Å². The molecule has 1 fully saturated rings. The Kier molecular flexibility index (Phi) is 7.23. The van der Waals surface area contributed by atoms with E-state index >= 15 is 0 Å². The maximum absolute atomic E-state index is 12.1. The molecule has 0 saturated heterocycles. The van der Waals surface area contributed by atoms with Crippen LogP contribution in [-0.2, 0) is 9.84 Å². The smallest absolute Gasteiger partial charge is 0.153 e. The van der Waals surface area contributed by atoms with Gasteiger partial charge in [0.1, 0.15) is 0 Å². The number of sulfone groups is 1. The van der Waals surface area contributed by atoms with Crippen LogP contribution in [-0.4, -0.2) is 32.0 Å². The highest BCUT2D eigenvalue weighted by Crippen LogP contribution is 2.24. The van der Waals surface area contributed by atoms with E-state index < -0.39 is 9.84 Å². The van der Waals surface area contributed by atoms with Crippen molar-refractivity contribution in [2.24, 2.45) is 0 Å². The quantitative estimate of drug-likeness (QED) is 0.693. The van der Waals surface area contributed by atoms with Crippen LogP contribution in [0.25, 0.3) is 0 Å². The third-order valence-corrected chi connectivity index (χ3v) is 6.27. The van der Waals surface area contributed by atoms with Crippen molar-refractivity contribution >= 4 is 9.84 Å². The first-order valence-corrected chi connectivity index (χ1v) is 9.22. The summed E-state index contributed by atoms with van der Waals surface area (Å²) in [6, 6.07) is 0.507. The zero-order valence-corrected chi connectivity index (χ0v) is 12.8. The highest BCUT2D eigenvalue weighted by atomic mass is 32.2. The number of hydrogen-bond acceptors (Lipinski definition) is 3. The Morgan fingerprint density at radius 1 is 1.17 bits per heavy atom. The molecule has 1 N–H and O–H groups in total. The zero-order valence-electron chi connectivity index (χ0n) is 12.0. The van der Waals surface area contributed by atoms with Crippen LogP contribution < -0.4 is 5.32 Å². The number of nitrogens with one attached hydrogen (secondary N) is 1. The third kappa shape index (κ3) is 5.70. The molecule has 0 heterocycles. The van der Waals surface area contributed by atoms with Crippen LogP contribution in [0, 0.1) is 0 Å². The summed E-state index contributed by atoms with van der Waals surface area (Å²) < 4.78 is 24.3. The van der Waals surface area contributed by atoms with Gasteiger partial charge in [-0.3, -0.25) is 0 Å². The van der Waals surface area contributed by atoms with E-state index in [0.717, 1.165) is 51.5 Å². The topological polar surface area (TPSA) is 46.2 Å². The standard InChI is InChI=1S/C14H29NO2S/c1-3-15-13(2)9-7-8-12-18(16,17)14-10-5-4-6-11-14/h13-15H,3-12H2,1-2H3. The van der Waals surface area contributed by atoms with Gasteiger partial charge in [0.15, 0.2) is 9.84 Å². The largest absolute Gasteiger partial charge is 0.315 e. The normalized spacial score (nSPS) is 19.9. The fourth-order valence-corrected chi connectivity index (χ4v) is 4.79. The predicted octanol–water partition coefficient (Wildman–Crippen LogP) is 2.90. The molecule has 4 heteroatoms. The van der Waals surface area contributed by atoms with Crippen molar-refractivity contribution in [2.75, 3.05) is 12.3 Å². The first-order chi connectivity index (χ1) is 8.56. The molecule has 0 amide bonds. The summed E-state index contributed by atoms with van der Waals surface area (Å²) in [5.41, 5.74) is 0. The second-order valence-electron chi connectivity index (χ2n) is 5.58. The average Bonchev–Trinajstić information content (AvgIpc) is 2.36. The van der Waals surface area contributed by atoms with Crippen molar-refractivity contribution in [1.29, 1.82) is 0 Å². The molecular weight excluding hydrogens is 246 g/mol. The van der Waals surface area contributed by atoms with Crippen LogP contribution in [0.15, 0.2) is 0 Å². The molecule has 1 saturated carbocycles. The maximum atomic E-state index is 12.1. The number of rotatable bonds is 8. The summed E-state index contributed by atoms with van der Waals surface area (Å²) in [4.78, 5) is 0. The van der Waals surface area contributed by atoms with Crippen LogP contribution in [0.3, 0.4) is 0 Å². The molecule has 1 atom stereocenters. The minimum atomic E-state index is -2.81. The molecule has 0 aromatic heterocycles. The highest BCUT2D eigenvalue weighted by Gasteiger charge is 2.26. The van der Waals surface area contributed by atoms with E-state index in [0.29, 0.717) is 11.8 Å². The Morgan fingerprint density at radius 3 is 2.44 bits per heavy atom. The molecule has 0 aromatic rings. The van der Waals surface area contributed by atoms with Gasteiger partial charge in [0.25, 0.3) is 0 Å². The fourth-order valence-electron chi connectivity index (χ4n) is 2.80. The molecule has 0 radical (unpaired) electrons. The van der Waals surface area contributed by atoms with E-state index in [1.54, 1.807) is 0 Å². The van der Waals surface area contributed by atoms with Gasteiger partial charge in [-0.1, -0.05) is 32.6 Å². The lowest BCUT2D eigenvalue weighted by molar-refractivity contribution is 0.479. The van der Waals surface area contributed by atoms with E-state index in [-0.39, 0.29) is 5.25 Å². The van der Waals surface area contributed by atoms with Gasteiger partial charge in [-0.2, -0.15) is 0 Å². The zero-order chi connectivity index (χ0) is 13.4. The molecule has 18 heavy (non-hydrogen) atoms. The molecule has 0 spiro atoms. The van der Waals surface area contributed by atoms with Crippen LogP contribution in [0.2, 0.25) is 0 Å². The first kappa shape index (κ1) is 16.0. The Labute approximate surface area is 113 Å². The van der Waals surface area contributed by atoms with Gasteiger partial charge in [0.05, 0.1) is 11.0 Å². The highest BCUT2D eigenvalue weighted by molar-refractivity contribution is 7.92. The van der Waals surface area contributed by atoms with Gasteiger partial charge >= 0.3 is 0 Å². The van der Waals surface area contributed by atoms with Gasteiger partial charge in [-0.15, -0.1) is 0 Å². The van der Waals surface area contributed by atoms with Crippen molar-refractivity contribution in [3.8, 4) is 0 Å². The molecule has 0 aliphatic heterocycles. The molecule has 1 unspecified atom stereocenters. The number of hydrogen-bond donors (Lipinski definition) is 1. The maximum Gasteiger partial charge on any atom is 0.153 e. The SMILES string of the molecule is CCNC(C)CCCCS(=O)(=O)C1CCCCC1. The van der Waals surface area contributed by atoms with Crippen molar-refractivity contribution < 1.29 is 8.42 Å². The lowest BCUT2D eigenvalue weighted by atomic mass is 10.0. The second kappa shape index (κ2) is 8.16. The van der Waals surface area contributed by atoms with E-state index in [4.69, 9.17) is 0 Å². The second-order valence-corrected chi connectivity index (χ2v) is 7.98. The van der Waals surface area contributed by atoms with Crippen molar-refractivity contribution in [1.82, 2.24) is 5.32 Å². The van der Waals surface area contributed by atoms with E-state index in [1.807, 2.05) is 0 Å². The summed E-state index contributed by atoms with van der Waals surface area (Å²) in [7, 11) is -2.81. The lowest BCUT2D eigenvalue weighted by Crippen LogP contribution is -2.27. The lowest BCUT2D eigenvalue weighted by Gasteiger charge is -2.21. The Hall–Kier alpha value is -0.0900. The third-order valence-electron chi connectivity index (χ3n) is 3.93. The monoisotopic (exact) mass is 275 g/mol. The summed E-state index contributed by atoms with van der Waals surface area (Å²) in [6.45, 7) is 5.25. The van der Waals surface area contributed by atoms with Gasteiger partial charge in [0.2, 0.25) is 0 Å². The minimum Gasteiger partial charge on any atom is -0.315 e. The predicted molar refractivity (Wildman–Crippen MR) is 77.6 cm³/mol.